The van der Waals surface area contributed by atoms with Crippen molar-refractivity contribution in [2.75, 3.05) is 11.1 Å². The number of ketones is 2. The zero-order chi connectivity index (χ0) is 21.6. The third kappa shape index (κ3) is 3.87. The van der Waals surface area contributed by atoms with Gasteiger partial charge in [0.25, 0.3) is 10.1 Å². The molecule has 0 heterocycles. The molecular formula is C21H14N3NaO5S. The van der Waals surface area contributed by atoms with E-state index in [9.17, 15) is 22.6 Å². The molecule has 0 spiro atoms. The summed E-state index contributed by atoms with van der Waals surface area (Å²) >= 11 is 0. The van der Waals surface area contributed by atoms with Gasteiger partial charge < -0.3 is 12.5 Å². The van der Waals surface area contributed by atoms with E-state index < -0.39 is 32.3 Å². The van der Waals surface area contributed by atoms with Crippen LogP contribution in [0.15, 0.2) is 59.5 Å². The van der Waals surface area contributed by atoms with Gasteiger partial charge in [-0.05, 0) is 24.3 Å². The Labute approximate surface area is 201 Å². The predicted molar refractivity (Wildman–Crippen MR) is 110 cm³/mol. The van der Waals surface area contributed by atoms with Crippen molar-refractivity contribution in [1.82, 2.24) is 0 Å². The number of nitrogens with two attached hydrogens (primary N) is 1. The van der Waals surface area contributed by atoms with Crippen LogP contribution in [0.5, 0.6) is 0 Å². The first-order chi connectivity index (χ1) is 14.2. The second-order valence-corrected chi connectivity index (χ2v) is 7.97. The number of nitrogens with zero attached hydrogens (tertiary/aromatic N) is 1. The summed E-state index contributed by atoms with van der Waals surface area (Å²) in [5, 5.41) is 12.0. The molecule has 8 nitrogen and oxygen atoms in total. The molecule has 3 aromatic carbocycles. The summed E-state index contributed by atoms with van der Waals surface area (Å²) < 4.78 is 33.4. The van der Waals surface area contributed by atoms with Crippen LogP contribution in [-0.2, 0) is 10.1 Å². The second-order valence-electron chi connectivity index (χ2n) is 6.58. The normalized spacial score (nSPS) is 12.3. The Morgan fingerprint density at radius 1 is 0.968 bits per heavy atom. The van der Waals surface area contributed by atoms with Gasteiger partial charge in [-0.15, -0.1) is 0 Å². The molecule has 4 rings (SSSR count). The Bertz CT molecular complexity index is 1420. The first-order valence-corrected chi connectivity index (χ1v) is 10.1. The SMILES string of the molecule is N#Cc1cccc(Nc2cc(S(=O)(=O)O)c(N)c3c2C(=O)c2ccccc2C3=O)c1.[H-].[Na+]. The molecule has 0 aliphatic heterocycles. The van der Waals surface area contributed by atoms with Crippen molar-refractivity contribution in [3.8, 4) is 6.07 Å². The van der Waals surface area contributed by atoms with Gasteiger partial charge in [-0.2, -0.15) is 13.7 Å². The van der Waals surface area contributed by atoms with Crippen molar-refractivity contribution in [3.05, 3.63) is 82.4 Å². The molecule has 0 radical (unpaired) electrons. The molecule has 3 aromatic rings. The Hall–Kier alpha value is -3.00. The van der Waals surface area contributed by atoms with Crippen LogP contribution in [0.3, 0.4) is 0 Å². The van der Waals surface area contributed by atoms with E-state index in [1.807, 2.05) is 6.07 Å². The summed E-state index contributed by atoms with van der Waals surface area (Å²) in [4.78, 5) is 25.6. The third-order valence-corrected chi connectivity index (χ3v) is 5.64. The summed E-state index contributed by atoms with van der Waals surface area (Å²) in [6.45, 7) is 0. The van der Waals surface area contributed by atoms with Gasteiger partial charge in [0.1, 0.15) is 4.90 Å². The van der Waals surface area contributed by atoms with Gasteiger partial charge in [0.2, 0.25) is 0 Å². The number of benzene rings is 3. The molecule has 1 aliphatic carbocycles. The van der Waals surface area contributed by atoms with Gasteiger partial charge >= 0.3 is 29.6 Å². The Morgan fingerprint density at radius 3 is 2.16 bits per heavy atom. The minimum atomic E-state index is -4.79. The van der Waals surface area contributed by atoms with E-state index in [2.05, 4.69) is 5.32 Å². The molecule has 0 aromatic heterocycles. The number of nitriles is 1. The van der Waals surface area contributed by atoms with Crippen LogP contribution in [0.2, 0.25) is 0 Å². The monoisotopic (exact) mass is 443 g/mol. The summed E-state index contributed by atoms with van der Waals surface area (Å²) in [6.07, 6.45) is 0. The van der Waals surface area contributed by atoms with Crippen molar-refractivity contribution in [1.29, 1.82) is 5.26 Å². The summed E-state index contributed by atoms with van der Waals surface area (Å²) in [6, 6.07) is 15.3. The topological polar surface area (TPSA) is 150 Å². The van der Waals surface area contributed by atoms with Gasteiger partial charge in [0, 0.05) is 16.8 Å². The molecular weight excluding hydrogens is 429 g/mol. The number of nitrogens with one attached hydrogen (secondary N) is 1. The molecule has 10 heteroatoms. The largest absolute Gasteiger partial charge is 1.00 e. The zero-order valence-corrected chi connectivity index (χ0v) is 19.0. The number of rotatable bonds is 3. The number of fused-ring (bicyclic) bond motifs is 2. The Balaban J connectivity index is 0.00000181. The van der Waals surface area contributed by atoms with Gasteiger partial charge in [-0.3, -0.25) is 14.1 Å². The van der Waals surface area contributed by atoms with Crippen LogP contribution >= 0.6 is 0 Å². The predicted octanol–water partition coefficient (Wildman–Crippen LogP) is 0.0227. The van der Waals surface area contributed by atoms with Crippen LogP contribution < -0.4 is 40.6 Å². The van der Waals surface area contributed by atoms with Gasteiger partial charge in [-0.1, -0.05) is 30.3 Å². The fraction of sp³-hybridized carbons (Fsp3) is 0. The van der Waals surface area contributed by atoms with Crippen LogP contribution in [0.1, 0.15) is 38.8 Å². The van der Waals surface area contributed by atoms with Crippen molar-refractivity contribution in [2.45, 2.75) is 4.90 Å². The first kappa shape index (κ1) is 22.7. The Kier molecular flexibility index (Phi) is 6.04. The van der Waals surface area contributed by atoms with E-state index in [4.69, 9.17) is 11.0 Å². The Morgan fingerprint density at radius 2 is 1.58 bits per heavy atom. The van der Waals surface area contributed by atoms with Gasteiger partial charge in [0.15, 0.2) is 11.6 Å². The second kappa shape index (κ2) is 8.26. The average molecular weight is 443 g/mol. The number of hydrogen-bond acceptors (Lipinski definition) is 7. The summed E-state index contributed by atoms with van der Waals surface area (Å²) in [7, 11) is -4.79. The number of carbonyl (C=O) groups is 2. The number of hydrogen-bond donors (Lipinski definition) is 3. The minimum absolute atomic E-state index is 0. The maximum Gasteiger partial charge on any atom is 1.00 e. The molecule has 1 aliphatic rings. The standard InChI is InChI=1S/C21H13N3O5S.Na.H/c22-10-11-4-3-5-12(8-11)24-15-9-16(30(27,28)29)19(23)18-17(15)20(25)13-6-1-2-7-14(13)21(18)26;;/h1-9,24H,23H2,(H,27,28,29);;/q;+1;-1. The maximum absolute atomic E-state index is 13.2. The molecule has 0 saturated carbocycles. The third-order valence-electron chi connectivity index (χ3n) is 4.75. The van der Waals surface area contributed by atoms with Crippen LogP contribution in [0, 0.1) is 11.3 Å². The van der Waals surface area contributed by atoms with E-state index in [1.165, 1.54) is 18.2 Å². The van der Waals surface area contributed by atoms with Crippen LogP contribution in [0.25, 0.3) is 0 Å². The maximum atomic E-state index is 13.2. The van der Waals surface area contributed by atoms with E-state index in [0.29, 0.717) is 11.3 Å². The molecule has 0 fully saturated rings. The van der Waals surface area contributed by atoms with E-state index in [0.717, 1.165) is 6.07 Å². The molecule has 0 unspecified atom stereocenters. The smallest absolute Gasteiger partial charge is 1.00 e. The van der Waals surface area contributed by atoms with Crippen LogP contribution in [0.4, 0.5) is 17.1 Å². The number of nitrogen functional groups attached to an aromatic ring is 1. The van der Waals surface area contributed by atoms with Gasteiger partial charge in [-0.25, -0.2) is 0 Å². The fourth-order valence-electron chi connectivity index (χ4n) is 3.43. The number of anilines is 3. The molecule has 0 amide bonds. The van der Waals surface area contributed by atoms with E-state index >= 15 is 0 Å². The summed E-state index contributed by atoms with van der Waals surface area (Å²) in [5.74, 6) is -1.15. The molecule has 0 bridgehead atoms. The summed E-state index contributed by atoms with van der Waals surface area (Å²) in [5.41, 5.74) is 5.93. The molecule has 31 heavy (non-hydrogen) atoms. The minimum Gasteiger partial charge on any atom is -1.00 e. The van der Waals surface area contributed by atoms with Crippen molar-refractivity contribution in [3.63, 3.8) is 0 Å². The first-order valence-electron chi connectivity index (χ1n) is 8.62. The fourth-order valence-corrected chi connectivity index (χ4v) is 4.07. The number of carbonyl (C=O) groups excluding carboxylic acids is 2. The van der Waals surface area contributed by atoms with Gasteiger partial charge in [0.05, 0.1) is 34.1 Å². The van der Waals surface area contributed by atoms with Crippen LogP contribution in [-0.4, -0.2) is 24.5 Å². The van der Waals surface area contributed by atoms with Crippen molar-refractivity contribution >= 4 is 38.7 Å². The van der Waals surface area contributed by atoms with E-state index in [1.54, 1.807) is 30.3 Å². The average Bonchev–Trinajstić information content (AvgIpc) is 2.72. The van der Waals surface area contributed by atoms with Crippen molar-refractivity contribution < 1.29 is 53.5 Å². The quantitative estimate of drug-likeness (QED) is 0.228. The molecule has 0 atom stereocenters. The molecule has 150 valence electrons. The van der Waals surface area contributed by atoms with E-state index in [-0.39, 0.29) is 58.9 Å². The zero-order valence-electron chi connectivity index (χ0n) is 17.2. The molecule has 4 N–H and O–H groups in total. The van der Waals surface area contributed by atoms with Crippen molar-refractivity contribution in [2.24, 2.45) is 0 Å². The molecule has 0 saturated heterocycles.